The molecule has 1 N–H and O–H groups in total. The quantitative estimate of drug-likeness (QED) is 0.538. The summed E-state index contributed by atoms with van der Waals surface area (Å²) in [4.78, 5) is 1.25. The number of nitrogens with zero attached hydrogens (tertiary/aromatic N) is 1. The van der Waals surface area contributed by atoms with E-state index < -0.39 is 0 Å². The Balaban J connectivity index is 1.95. The molecule has 0 amide bonds. The summed E-state index contributed by atoms with van der Waals surface area (Å²) in [6, 6.07) is 14.7. The van der Waals surface area contributed by atoms with Crippen LogP contribution in [0.15, 0.2) is 42.5 Å². The van der Waals surface area contributed by atoms with Gasteiger partial charge in [-0.05, 0) is 58.0 Å². The van der Waals surface area contributed by atoms with Crippen molar-refractivity contribution in [3.63, 3.8) is 0 Å². The van der Waals surface area contributed by atoms with Crippen LogP contribution in [0.25, 0.3) is 16.8 Å². The van der Waals surface area contributed by atoms with Crippen LogP contribution in [0, 0.1) is 11.6 Å². The van der Waals surface area contributed by atoms with Crippen molar-refractivity contribution in [3.05, 3.63) is 57.5 Å². The highest BCUT2D eigenvalue weighted by molar-refractivity contribution is 7.71. The normalized spacial score (nSPS) is 14.3. The van der Waals surface area contributed by atoms with E-state index >= 15 is 0 Å². The lowest BCUT2D eigenvalue weighted by Crippen LogP contribution is -2.30. The fourth-order valence-electron chi connectivity index (χ4n) is 3.38. The van der Waals surface area contributed by atoms with Crippen molar-refractivity contribution in [2.24, 2.45) is 0 Å². The molecule has 5 heteroatoms. The second kappa shape index (κ2) is 6.25. The first-order valence-electron chi connectivity index (χ1n) is 8.80. The van der Waals surface area contributed by atoms with Gasteiger partial charge < -0.3 is 10.1 Å². The van der Waals surface area contributed by atoms with Crippen LogP contribution < -0.4 is 10.1 Å². The average Bonchev–Trinajstić information content (AvgIpc) is 2.95. The van der Waals surface area contributed by atoms with Gasteiger partial charge in [-0.15, -0.1) is 0 Å². The van der Waals surface area contributed by atoms with Gasteiger partial charge in [-0.25, -0.2) is 0 Å². The molecule has 26 heavy (non-hydrogen) atoms. The molecule has 1 aliphatic heterocycles. The zero-order valence-corrected chi connectivity index (χ0v) is 17.1. The monoisotopic (exact) mass is 382 g/mol. The summed E-state index contributed by atoms with van der Waals surface area (Å²) in [6.07, 6.45) is 0. The summed E-state index contributed by atoms with van der Waals surface area (Å²) in [5.41, 5.74) is 5.55. The van der Waals surface area contributed by atoms with Gasteiger partial charge >= 0.3 is 0 Å². The number of ether oxygens (including phenoxy) is 1. The SMILES string of the molecule is CCOc1ccc2c(c1)-c1c(sn(-c3ccc(C)cc3)c1=S)C(C)(C)N2. The Bertz CT molecular complexity index is 1030. The minimum atomic E-state index is -0.177. The fourth-order valence-corrected chi connectivity index (χ4v) is 5.04. The summed E-state index contributed by atoms with van der Waals surface area (Å²) in [7, 11) is 0. The lowest BCUT2D eigenvalue weighted by Gasteiger charge is -2.33. The Hall–Kier alpha value is -2.11. The van der Waals surface area contributed by atoms with Crippen molar-refractivity contribution in [2.75, 3.05) is 11.9 Å². The smallest absolute Gasteiger partial charge is 0.129 e. The van der Waals surface area contributed by atoms with Crippen molar-refractivity contribution in [3.8, 4) is 22.6 Å². The Morgan fingerprint density at radius 3 is 2.58 bits per heavy atom. The third-order valence-corrected chi connectivity index (χ3v) is 6.64. The molecule has 0 atom stereocenters. The molecule has 0 unspecified atom stereocenters. The largest absolute Gasteiger partial charge is 0.494 e. The Kier molecular flexibility index (Phi) is 4.16. The van der Waals surface area contributed by atoms with Crippen molar-refractivity contribution in [1.29, 1.82) is 0 Å². The minimum absolute atomic E-state index is 0.177. The zero-order valence-electron chi connectivity index (χ0n) is 15.4. The molecule has 0 saturated heterocycles. The van der Waals surface area contributed by atoms with E-state index in [1.165, 1.54) is 10.4 Å². The predicted molar refractivity (Wildman–Crippen MR) is 112 cm³/mol. The molecule has 0 bridgehead atoms. The Morgan fingerprint density at radius 2 is 1.88 bits per heavy atom. The molecule has 3 aromatic rings. The van der Waals surface area contributed by atoms with Crippen molar-refractivity contribution < 1.29 is 4.74 Å². The molecule has 1 aliphatic rings. The van der Waals surface area contributed by atoms with Crippen LogP contribution in [-0.2, 0) is 5.54 Å². The summed E-state index contributed by atoms with van der Waals surface area (Å²) in [6.45, 7) is 9.16. The molecule has 0 saturated carbocycles. The van der Waals surface area contributed by atoms with E-state index in [1.807, 2.05) is 13.0 Å². The molecule has 2 aromatic carbocycles. The van der Waals surface area contributed by atoms with Gasteiger partial charge in [-0.1, -0.05) is 41.4 Å². The van der Waals surface area contributed by atoms with Gasteiger partial charge in [0, 0.05) is 16.8 Å². The number of rotatable bonds is 3. The second-order valence-corrected chi connectivity index (χ2v) is 8.46. The van der Waals surface area contributed by atoms with Crippen LogP contribution in [0.5, 0.6) is 5.75 Å². The van der Waals surface area contributed by atoms with Gasteiger partial charge in [0.1, 0.15) is 10.4 Å². The highest BCUT2D eigenvalue weighted by Crippen LogP contribution is 2.48. The van der Waals surface area contributed by atoms with Crippen molar-refractivity contribution in [2.45, 2.75) is 33.2 Å². The van der Waals surface area contributed by atoms with E-state index in [2.05, 4.69) is 66.4 Å². The lowest BCUT2D eigenvalue weighted by atomic mass is 9.90. The fraction of sp³-hybridized carbons (Fsp3) is 0.286. The summed E-state index contributed by atoms with van der Waals surface area (Å²) in [5.74, 6) is 0.876. The molecule has 0 aliphatic carbocycles. The van der Waals surface area contributed by atoms with E-state index in [1.54, 1.807) is 11.5 Å². The van der Waals surface area contributed by atoms with Crippen LogP contribution in [0.1, 0.15) is 31.2 Å². The molecule has 0 spiro atoms. The maximum Gasteiger partial charge on any atom is 0.129 e. The van der Waals surface area contributed by atoms with E-state index in [9.17, 15) is 0 Å². The molecule has 1 aromatic heterocycles. The third kappa shape index (κ3) is 2.75. The van der Waals surface area contributed by atoms with Crippen LogP contribution in [0.3, 0.4) is 0 Å². The first kappa shape index (κ1) is 17.3. The topological polar surface area (TPSA) is 26.2 Å². The molecule has 3 nitrogen and oxygen atoms in total. The summed E-state index contributed by atoms with van der Waals surface area (Å²) in [5, 5.41) is 3.66. The molecule has 0 fully saturated rings. The number of anilines is 1. The van der Waals surface area contributed by atoms with Crippen LogP contribution in [0.2, 0.25) is 0 Å². The van der Waals surface area contributed by atoms with Gasteiger partial charge in [-0.3, -0.25) is 3.96 Å². The molecular formula is C21H22N2OS2. The molecule has 134 valence electrons. The number of hydrogen-bond donors (Lipinski definition) is 1. The van der Waals surface area contributed by atoms with E-state index in [-0.39, 0.29) is 5.54 Å². The van der Waals surface area contributed by atoms with Gasteiger partial charge in [0.15, 0.2) is 0 Å². The number of benzene rings is 2. The number of aromatic nitrogens is 1. The third-order valence-electron chi connectivity index (χ3n) is 4.66. The van der Waals surface area contributed by atoms with Gasteiger partial charge in [0.25, 0.3) is 0 Å². The predicted octanol–water partition coefficient (Wildman–Crippen LogP) is 6.30. The average molecular weight is 383 g/mol. The van der Waals surface area contributed by atoms with Crippen molar-refractivity contribution in [1.82, 2.24) is 3.96 Å². The standard InChI is InChI=1S/C21H22N2OS2/c1-5-24-15-10-11-17-16(12-15)18-19(21(3,4)22-17)26-23(20(18)25)14-8-6-13(2)7-9-14/h6-12,22H,5H2,1-4H3. The maximum absolute atomic E-state index is 5.92. The Labute approximate surface area is 163 Å². The van der Waals surface area contributed by atoms with E-state index in [0.29, 0.717) is 6.61 Å². The molecular weight excluding hydrogens is 360 g/mol. The lowest BCUT2D eigenvalue weighted by molar-refractivity contribution is 0.340. The van der Waals surface area contributed by atoms with Crippen LogP contribution in [0.4, 0.5) is 5.69 Å². The van der Waals surface area contributed by atoms with Gasteiger partial charge in [-0.2, -0.15) is 0 Å². The van der Waals surface area contributed by atoms with Gasteiger partial charge in [0.05, 0.1) is 22.7 Å². The maximum atomic E-state index is 5.92. The minimum Gasteiger partial charge on any atom is -0.494 e. The summed E-state index contributed by atoms with van der Waals surface area (Å²) < 4.78 is 8.74. The second-order valence-electron chi connectivity index (χ2n) is 7.12. The number of hydrogen-bond acceptors (Lipinski definition) is 4. The van der Waals surface area contributed by atoms with Crippen molar-refractivity contribution >= 4 is 29.4 Å². The molecule has 0 radical (unpaired) electrons. The highest BCUT2D eigenvalue weighted by Gasteiger charge is 2.34. The molecule has 4 rings (SSSR count). The van der Waals surface area contributed by atoms with Crippen LogP contribution >= 0.6 is 23.8 Å². The number of fused-ring (bicyclic) bond motifs is 3. The van der Waals surface area contributed by atoms with Gasteiger partial charge in [0.2, 0.25) is 0 Å². The molecule has 2 heterocycles. The number of nitrogens with one attached hydrogen (secondary N) is 1. The zero-order chi connectivity index (χ0) is 18.5. The number of aryl methyl sites for hydroxylation is 1. The van der Waals surface area contributed by atoms with E-state index in [0.717, 1.165) is 32.9 Å². The summed E-state index contributed by atoms with van der Waals surface area (Å²) >= 11 is 7.64. The Morgan fingerprint density at radius 1 is 1.15 bits per heavy atom. The van der Waals surface area contributed by atoms with Crippen LogP contribution in [-0.4, -0.2) is 10.6 Å². The highest BCUT2D eigenvalue weighted by atomic mass is 32.1. The first-order chi connectivity index (χ1) is 12.4. The van der Waals surface area contributed by atoms with E-state index in [4.69, 9.17) is 17.0 Å². The first-order valence-corrected chi connectivity index (χ1v) is 9.98.